The lowest BCUT2D eigenvalue weighted by atomic mass is 10.0. The summed E-state index contributed by atoms with van der Waals surface area (Å²) in [7, 11) is 0. The van der Waals surface area contributed by atoms with E-state index in [0.29, 0.717) is 18.0 Å². The van der Waals surface area contributed by atoms with Crippen molar-refractivity contribution in [2.45, 2.75) is 40.0 Å². The lowest BCUT2D eigenvalue weighted by molar-refractivity contribution is 0.0954. The molecule has 0 unspecified atom stereocenters. The van der Waals surface area contributed by atoms with Crippen LogP contribution in [0.2, 0.25) is 0 Å². The van der Waals surface area contributed by atoms with Gasteiger partial charge in [-0.2, -0.15) is 5.10 Å². The number of aromatic nitrogens is 2. The summed E-state index contributed by atoms with van der Waals surface area (Å²) in [5.74, 6) is 0.457. The van der Waals surface area contributed by atoms with Crippen molar-refractivity contribution in [3.05, 3.63) is 52.3 Å². The minimum atomic E-state index is -0.0240. The molecule has 2 N–H and O–H groups in total. The quantitative estimate of drug-likeness (QED) is 0.886. The van der Waals surface area contributed by atoms with E-state index in [4.69, 9.17) is 0 Å². The number of hydrogen-bond donors (Lipinski definition) is 2. The van der Waals surface area contributed by atoms with Crippen molar-refractivity contribution >= 4 is 5.91 Å². The highest BCUT2D eigenvalue weighted by molar-refractivity contribution is 5.94. The number of hydrogen-bond acceptors (Lipinski definition) is 2. The Kier molecular flexibility index (Phi) is 4.78. The van der Waals surface area contributed by atoms with Gasteiger partial charge in [0.25, 0.3) is 5.91 Å². The number of H-pyrrole nitrogens is 1. The fourth-order valence-corrected chi connectivity index (χ4v) is 2.36. The zero-order valence-corrected chi connectivity index (χ0v) is 13.2. The number of carbonyl (C=O) groups excluding carboxylic acids is 1. The second-order valence-corrected chi connectivity index (χ2v) is 5.70. The smallest absolute Gasteiger partial charge is 0.251 e. The van der Waals surface area contributed by atoms with Crippen molar-refractivity contribution in [1.82, 2.24) is 15.5 Å². The Morgan fingerprint density at radius 3 is 2.43 bits per heavy atom. The van der Waals surface area contributed by atoms with Crippen LogP contribution in [0.5, 0.6) is 0 Å². The Morgan fingerprint density at radius 1 is 1.24 bits per heavy atom. The van der Waals surface area contributed by atoms with Crippen molar-refractivity contribution < 1.29 is 4.79 Å². The summed E-state index contributed by atoms with van der Waals surface area (Å²) < 4.78 is 0. The standard InChI is InChI=1S/C17H23N3O/c1-11(2)14-5-7-15(8-6-14)17(21)18-10-9-16-12(3)19-20-13(16)4/h5-8,11H,9-10H2,1-4H3,(H,18,21)(H,19,20). The van der Waals surface area contributed by atoms with Crippen LogP contribution in [0.15, 0.2) is 24.3 Å². The van der Waals surface area contributed by atoms with Gasteiger partial charge >= 0.3 is 0 Å². The second kappa shape index (κ2) is 6.57. The molecule has 21 heavy (non-hydrogen) atoms. The van der Waals surface area contributed by atoms with Crippen LogP contribution < -0.4 is 5.32 Å². The van der Waals surface area contributed by atoms with Crippen LogP contribution in [0.1, 0.15) is 52.6 Å². The number of amides is 1. The van der Waals surface area contributed by atoms with Gasteiger partial charge in [-0.05, 0) is 49.4 Å². The van der Waals surface area contributed by atoms with E-state index in [-0.39, 0.29) is 5.91 Å². The molecule has 1 amide bonds. The monoisotopic (exact) mass is 285 g/mol. The largest absolute Gasteiger partial charge is 0.352 e. The minimum absolute atomic E-state index is 0.0240. The molecule has 1 heterocycles. The summed E-state index contributed by atoms with van der Waals surface area (Å²) in [5, 5.41) is 10.1. The number of aryl methyl sites for hydroxylation is 2. The van der Waals surface area contributed by atoms with Crippen LogP contribution in [0, 0.1) is 13.8 Å². The van der Waals surface area contributed by atoms with E-state index in [1.54, 1.807) is 0 Å². The van der Waals surface area contributed by atoms with E-state index < -0.39 is 0 Å². The van der Waals surface area contributed by atoms with Crippen molar-refractivity contribution in [3.8, 4) is 0 Å². The van der Waals surface area contributed by atoms with Gasteiger partial charge in [0, 0.05) is 17.8 Å². The molecule has 0 saturated carbocycles. The number of carbonyl (C=O) groups is 1. The van der Waals surface area contributed by atoms with E-state index in [1.807, 2.05) is 38.1 Å². The van der Waals surface area contributed by atoms with Gasteiger partial charge in [-0.25, -0.2) is 0 Å². The first-order valence-electron chi connectivity index (χ1n) is 7.37. The molecule has 4 nitrogen and oxygen atoms in total. The Morgan fingerprint density at radius 2 is 1.90 bits per heavy atom. The van der Waals surface area contributed by atoms with Crippen molar-refractivity contribution in [3.63, 3.8) is 0 Å². The topological polar surface area (TPSA) is 57.8 Å². The fourth-order valence-electron chi connectivity index (χ4n) is 2.36. The third-order valence-electron chi connectivity index (χ3n) is 3.78. The summed E-state index contributed by atoms with van der Waals surface area (Å²) in [6.45, 7) is 8.88. The third kappa shape index (κ3) is 3.72. The van der Waals surface area contributed by atoms with E-state index in [0.717, 1.165) is 17.8 Å². The van der Waals surface area contributed by atoms with Gasteiger partial charge in [0.15, 0.2) is 0 Å². The van der Waals surface area contributed by atoms with E-state index in [2.05, 4.69) is 29.4 Å². The van der Waals surface area contributed by atoms with Crippen LogP contribution in [0.3, 0.4) is 0 Å². The molecule has 2 aromatic rings. The van der Waals surface area contributed by atoms with Crippen LogP contribution >= 0.6 is 0 Å². The lowest BCUT2D eigenvalue weighted by Gasteiger charge is -2.08. The molecule has 112 valence electrons. The van der Waals surface area contributed by atoms with Gasteiger partial charge < -0.3 is 5.32 Å². The summed E-state index contributed by atoms with van der Waals surface area (Å²) >= 11 is 0. The first kappa shape index (κ1) is 15.3. The van der Waals surface area contributed by atoms with Gasteiger partial charge in [-0.1, -0.05) is 26.0 Å². The predicted octanol–water partition coefficient (Wildman–Crippen LogP) is 3.12. The van der Waals surface area contributed by atoms with E-state index in [1.165, 1.54) is 11.1 Å². The summed E-state index contributed by atoms with van der Waals surface area (Å²) in [4.78, 5) is 12.1. The molecule has 0 spiro atoms. The minimum Gasteiger partial charge on any atom is -0.352 e. The van der Waals surface area contributed by atoms with Crippen LogP contribution in [0.25, 0.3) is 0 Å². The Balaban J connectivity index is 1.90. The number of benzene rings is 1. The molecule has 0 atom stereocenters. The lowest BCUT2D eigenvalue weighted by Crippen LogP contribution is -2.25. The Bertz CT molecular complexity index is 592. The van der Waals surface area contributed by atoms with Crippen LogP contribution in [-0.4, -0.2) is 22.6 Å². The van der Waals surface area contributed by atoms with Gasteiger partial charge in [-0.3, -0.25) is 9.89 Å². The van der Waals surface area contributed by atoms with E-state index in [9.17, 15) is 4.79 Å². The van der Waals surface area contributed by atoms with Gasteiger partial charge in [-0.15, -0.1) is 0 Å². The maximum atomic E-state index is 12.1. The molecule has 0 aliphatic rings. The molecule has 2 rings (SSSR count). The molecule has 0 fully saturated rings. The molecule has 1 aromatic heterocycles. The second-order valence-electron chi connectivity index (χ2n) is 5.70. The zero-order chi connectivity index (χ0) is 15.4. The average Bonchev–Trinajstić information content (AvgIpc) is 2.79. The molecule has 4 heteroatoms. The van der Waals surface area contributed by atoms with E-state index >= 15 is 0 Å². The number of rotatable bonds is 5. The maximum Gasteiger partial charge on any atom is 0.251 e. The Hall–Kier alpha value is -2.10. The molecule has 0 aliphatic carbocycles. The number of aromatic amines is 1. The molecular formula is C17H23N3O. The van der Waals surface area contributed by atoms with Gasteiger partial charge in [0.2, 0.25) is 0 Å². The van der Waals surface area contributed by atoms with Crippen molar-refractivity contribution in [2.24, 2.45) is 0 Å². The van der Waals surface area contributed by atoms with Gasteiger partial charge in [0.05, 0.1) is 5.69 Å². The normalized spacial score (nSPS) is 10.9. The zero-order valence-electron chi connectivity index (χ0n) is 13.2. The van der Waals surface area contributed by atoms with Gasteiger partial charge in [0.1, 0.15) is 0 Å². The molecule has 0 radical (unpaired) electrons. The fraction of sp³-hybridized carbons (Fsp3) is 0.412. The molecule has 0 bridgehead atoms. The third-order valence-corrected chi connectivity index (χ3v) is 3.78. The predicted molar refractivity (Wildman–Crippen MR) is 84.6 cm³/mol. The van der Waals surface area contributed by atoms with Crippen molar-refractivity contribution in [2.75, 3.05) is 6.54 Å². The average molecular weight is 285 g/mol. The maximum absolute atomic E-state index is 12.1. The molecule has 0 saturated heterocycles. The van der Waals surface area contributed by atoms with Crippen LogP contribution in [0.4, 0.5) is 0 Å². The Labute approximate surface area is 126 Å². The molecular weight excluding hydrogens is 262 g/mol. The summed E-state index contributed by atoms with van der Waals surface area (Å²) in [6, 6.07) is 7.81. The number of nitrogens with one attached hydrogen (secondary N) is 2. The highest BCUT2D eigenvalue weighted by Crippen LogP contribution is 2.14. The first-order valence-corrected chi connectivity index (χ1v) is 7.37. The molecule has 0 aliphatic heterocycles. The summed E-state index contributed by atoms with van der Waals surface area (Å²) in [6.07, 6.45) is 0.796. The number of nitrogens with zero attached hydrogens (tertiary/aromatic N) is 1. The van der Waals surface area contributed by atoms with Crippen LogP contribution in [-0.2, 0) is 6.42 Å². The summed E-state index contributed by atoms with van der Waals surface area (Å²) in [5.41, 5.74) is 5.22. The SMILES string of the molecule is Cc1n[nH]c(C)c1CCNC(=O)c1ccc(C(C)C)cc1. The highest BCUT2D eigenvalue weighted by Gasteiger charge is 2.09. The molecule has 1 aromatic carbocycles. The van der Waals surface area contributed by atoms with Crippen molar-refractivity contribution in [1.29, 1.82) is 0 Å². The highest BCUT2D eigenvalue weighted by atomic mass is 16.1. The first-order chi connectivity index (χ1) is 9.99.